The van der Waals surface area contributed by atoms with E-state index in [9.17, 15) is 13.2 Å². The lowest BCUT2D eigenvalue weighted by Crippen LogP contribution is -2.46. The number of hydrogen-bond donors (Lipinski definition) is 2. The molecule has 0 aliphatic rings. The van der Waals surface area contributed by atoms with Gasteiger partial charge in [-0.15, -0.1) is 0 Å². The van der Waals surface area contributed by atoms with Gasteiger partial charge in [-0.25, -0.2) is 4.72 Å². The van der Waals surface area contributed by atoms with Gasteiger partial charge in [-0.1, -0.05) is 6.92 Å². The van der Waals surface area contributed by atoms with Gasteiger partial charge < -0.3 is 5.11 Å². The van der Waals surface area contributed by atoms with Gasteiger partial charge in [-0.3, -0.25) is 4.79 Å². The third kappa shape index (κ3) is 2.94. The number of carboxylic acid groups (broad SMARTS) is 1. The van der Waals surface area contributed by atoms with Crippen molar-refractivity contribution < 1.29 is 18.3 Å². The Kier molecular flexibility index (Phi) is 4.31. The second-order valence-corrected chi connectivity index (χ2v) is 4.42. The average Bonchev–Trinajstić information content (AvgIpc) is 2.05. The van der Waals surface area contributed by atoms with Crippen molar-refractivity contribution in [2.45, 2.75) is 19.4 Å². The first kappa shape index (κ1) is 12.3. The second kappa shape index (κ2) is 4.54. The number of hydrogen-bond acceptors (Lipinski definition) is 3. The van der Waals surface area contributed by atoms with E-state index < -0.39 is 22.2 Å². The van der Waals surface area contributed by atoms with E-state index in [4.69, 9.17) is 5.11 Å². The van der Waals surface area contributed by atoms with Gasteiger partial charge >= 0.3 is 5.97 Å². The van der Waals surface area contributed by atoms with E-state index in [1.807, 2.05) is 4.72 Å². The molecule has 7 heteroatoms. The summed E-state index contributed by atoms with van der Waals surface area (Å²) in [6.45, 7) is 1.61. The summed E-state index contributed by atoms with van der Waals surface area (Å²) in [4.78, 5) is 10.6. The van der Waals surface area contributed by atoms with E-state index in [0.717, 1.165) is 4.31 Å². The molecule has 0 fully saturated rings. The molecule has 13 heavy (non-hydrogen) atoms. The zero-order valence-electron chi connectivity index (χ0n) is 7.81. The first-order chi connectivity index (χ1) is 5.86. The van der Waals surface area contributed by atoms with E-state index in [0.29, 0.717) is 0 Å². The van der Waals surface area contributed by atoms with Crippen LogP contribution in [0.3, 0.4) is 0 Å². The van der Waals surface area contributed by atoms with Crippen LogP contribution in [-0.2, 0) is 15.0 Å². The summed E-state index contributed by atoms with van der Waals surface area (Å²) in [5.41, 5.74) is 0. The molecule has 0 saturated heterocycles. The smallest absolute Gasteiger partial charge is 0.322 e. The number of carboxylic acids is 1. The molecule has 0 aromatic rings. The number of carbonyl (C=O) groups is 1. The Morgan fingerprint density at radius 1 is 1.62 bits per heavy atom. The van der Waals surface area contributed by atoms with Crippen LogP contribution in [0.1, 0.15) is 13.3 Å². The fourth-order valence-corrected chi connectivity index (χ4v) is 1.76. The van der Waals surface area contributed by atoms with Crippen LogP contribution in [0, 0.1) is 0 Å². The maximum atomic E-state index is 11.2. The molecular formula is C6H14N2O4S. The minimum Gasteiger partial charge on any atom is -0.480 e. The lowest BCUT2D eigenvalue weighted by molar-refractivity contribution is -0.141. The van der Waals surface area contributed by atoms with Crippen LogP contribution in [0.4, 0.5) is 0 Å². The topological polar surface area (TPSA) is 86.7 Å². The second-order valence-electron chi connectivity index (χ2n) is 2.49. The summed E-state index contributed by atoms with van der Waals surface area (Å²) in [6.07, 6.45) is 0.229. The van der Waals surface area contributed by atoms with E-state index in [1.165, 1.54) is 14.1 Å². The molecule has 6 nitrogen and oxygen atoms in total. The van der Waals surface area contributed by atoms with Gasteiger partial charge in [-0.05, 0) is 6.42 Å². The Bertz CT molecular complexity index is 274. The summed E-state index contributed by atoms with van der Waals surface area (Å²) >= 11 is 0. The first-order valence-electron chi connectivity index (χ1n) is 3.76. The molecule has 0 rings (SSSR count). The molecule has 0 heterocycles. The molecule has 0 amide bonds. The summed E-state index contributed by atoms with van der Waals surface area (Å²) in [5.74, 6) is -1.15. The summed E-state index contributed by atoms with van der Waals surface area (Å²) in [5, 5.41) is 8.67. The van der Waals surface area contributed by atoms with Crippen LogP contribution in [0.2, 0.25) is 0 Å². The van der Waals surface area contributed by atoms with Crippen LogP contribution in [-0.4, -0.2) is 43.9 Å². The molecule has 0 bridgehead atoms. The molecule has 0 aromatic carbocycles. The Hall–Kier alpha value is -0.660. The highest BCUT2D eigenvalue weighted by atomic mass is 32.2. The predicted octanol–water partition coefficient (Wildman–Crippen LogP) is -0.754. The first-order valence-corrected chi connectivity index (χ1v) is 5.20. The average molecular weight is 210 g/mol. The lowest BCUT2D eigenvalue weighted by atomic mass is 10.2. The quantitative estimate of drug-likeness (QED) is 0.625. The summed E-state index contributed by atoms with van der Waals surface area (Å²) in [6, 6.07) is -1.02. The maximum Gasteiger partial charge on any atom is 0.322 e. The van der Waals surface area contributed by atoms with Gasteiger partial charge in [0.15, 0.2) is 0 Å². The molecule has 2 N–H and O–H groups in total. The molecule has 1 unspecified atom stereocenters. The molecule has 1 atom stereocenters. The number of rotatable bonds is 5. The van der Waals surface area contributed by atoms with Gasteiger partial charge in [-0.2, -0.15) is 12.7 Å². The zero-order valence-corrected chi connectivity index (χ0v) is 8.63. The van der Waals surface area contributed by atoms with Crippen molar-refractivity contribution in [2.75, 3.05) is 14.1 Å². The van der Waals surface area contributed by atoms with Crippen LogP contribution >= 0.6 is 0 Å². The van der Waals surface area contributed by atoms with Crippen molar-refractivity contribution in [1.29, 1.82) is 0 Å². The van der Waals surface area contributed by atoms with Gasteiger partial charge in [0.25, 0.3) is 10.2 Å². The Morgan fingerprint density at radius 3 is 2.31 bits per heavy atom. The monoisotopic (exact) mass is 210 g/mol. The van der Waals surface area contributed by atoms with Gasteiger partial charge in [0.05, 0.1) is 0 Å². The van der Waals surface area contributed by atoms with E-state index >= 15 is 0 Å². The zero-order chi connectivity index (χ0) is 10.6. The van der Waals surface area contributed by atoms with E-state index in [2.05, 4.69) is 0 Å². The largest absolute Gasteiger partial charge is 0.480 e. The van der Waals surface area contributed by atoms with Crippen molar-refractivity contribution >= 4 is 16.2 Å². The van der Waals surface area contributed by atoms with Gasteiger partial charge in [0.2, 0.25) is 0 Å². The van der Waals surface area contributed by atoms with E-state index in [-0.39, 0.29) is 6.42 Å². The number of nitrogens with zero attached hydrogens (tertiary/aromatic N) is 1. The number of likely N-dealkylation sites (N-methyl/N-ethyl adjacent to an activating group) is 1. The van der Waals surface area contributed by atoms with Crippen molar-refractivity contribution in [3.05, 3.63) is 0 Å². The standard InChI is InChI=1S/C6H14N2O4S/c1-4-5(6(9)10)8(3)13(11,12)7-2/h5,7H,4H2,1-3H3,(H,9,10). The molecular weight excluding hydrogens is 196 g/mol. The predicted molar refractivity (Wildman–Crippen MR) is 47.5 cm³/mol. The van der Waals surface area contributed by atoms with Crippen LogP contribution in [0.5, 0.6) is 0 Å². The van der Waals surface area contributed by atoms with Crippen molar-refractivity contribution in [2.24, 2.45) is 0 Å². The molecule has 0 radical (unpaired) electrons. The lowest BCUT2D eigenvalue weighted by Gasteiger charge is -2.21. The summed E-state index contributed by atoms with van der Waals surface area (Å²) < 4.78 is 25.2. The fraction of sp³-hybridized carbons (Fsp3) is 0.833. The third-order valence-corrected chi connectivity index (χ3v) is 3.28. The highest BCUT2D eigenvalue weighted by Gasteiger charge is 2.28. The maximum absolute atomic E-state index is 11.2. The highest BCUT2D eigenvalue weighted by molar-refractivity contribution is 7.87. The number of aliphatic carboxylic acids is 1. The third-order valence-electron chi connectivity index (χ3n) is 1.75. The molecule has 0 saturated carbocycles. The van der Waals surface area contributed by atoms with Crippen molar-refractivity contribution in [1.82, 2.24) is 9.03 Å². The SMILES string of the molecule is CCC(C(=O)O)N(C)S(=O)(=O)NC. The Morgan fingerprint density at radius 2 is 2.08 bits per heavy atom. The molecule has 78 valence electrons. The fourth-order valence-electron chi connectivity index (χ4n) is 0.899. The van der Waals surface area contributed by atoms with Crippen LogP contribution in [0.15, 0.2) is 0 Å². The normalized spacial score (nSPS) is 14.5. The molecule has 0 aliphatic heterocycles. The van der Waals surface area contributed by atoms with Gasteiger partial charge in [0, 0.05) is 14.1 Å². The van der Waals surface area contributed by atoms with Gasteiger partial charge in [0.1, 0.15) is 6.04 Å². The molecule has 0 aromatic heterocycles. The molecule has 0 spiro atoms. The van der Waals surface area contributed by atoms with E-state index in [1.54, 1.807) is 6.92 Å². The Balaban J connectivity index is 4.75. The minimum absolute atomic E-state index is 0.229. The van der Waals surface area contributed by atoms with Crippen molar-refractivity contribution in [3.8, 4) is 0 Å². The summed E-state index contributed by atoms with van der Waals surface area (Å²) in [7, 11) is -1.19. The van der Waals surface area contributed by atoms with Crippen molar-refractivity contribution in [3.63, 3.8) is 0 Å². The van der Waals surface area contributed by atoms with Crippen LogP contribution in [0.25, 0.3) is 0 Å². The number of nitrogens with one attached hydrogen (secondary N) is 1. The molecule has 0 aliphatic carbocycles. The van der Waals surface area contributed by atoms with Crippen LogP contribution < -0.4 is 4.72 Å². The Labute approximate surface area is 77.7 Å². The minimum atomic E-state index is -3.65. The highest BCUT2D eigenvalue weighted by Crippen LogP contribution is 2.05.